The Balaban J connectivity index is 3.94. The first-order valence-electron chi connectivity index (χ1n) is 5.83. The Morgan fingerprint density at radius 3 is 1.85 bits per heavy atom. The van der Waals surface area contributed by atoms with Gasteiger partial charge >= 0.3 is 0 Å². The highest BCUT2D eigenvalue weighted by molar-refractivity contribution is 4.71. The summed E-state index contributed by atoms with van der Waals surface area (Å²) in [7, 11) is 0. The Morgan fingerprint density at radius 2 is 1.54 bits per heavy atom. The fourth-order valence-corrected chi connectivity index (χ4v) is 1.89. The predicted octanol–water partition coefficient (Wildman–Crippen LogP) is 3.50. The van der Waals surface area contributed by atoms with Gasteiger partial charge < -0.3 is 4.90 Å². The lowest BCUT2D eigenvalue weighted by molar-refractivity contribution is 0.186. The van der Waals surface area contributed by atoms with Crippen LogP contribution in [-0.2, 0) is 0 Å². The molecule has 0 amide bonds. The SMILES string of the molecule is [CH2]CC(CCC)N(CCC)CCC. The zero-order valence-corrected chi connectivity index (χ0v) is 9.68. The number of rotatable bonds is 8. The van der Waals surface area contributed by atoms with Crippen LogP contribution in [0.15, 0.2) is 0 Å². The van der Waals surface area contributed by atoms with Gasteiger partial charge in [-0.15, -0.1) is 0 Å². The summed E-state index contributed by atoms with van der Waals surface area (Å²) in [5.41, 5.74) is 0. The van der Waals surface area contributed by atoms with Gasteiger partial charge in [0.2, 0.25) is 0 Å². The van der Waals surface area contributed by atoms with E-state index in [1.54, 1.807) is 0 Å². The van der Waals surface area contributed by atoms with Gasteiger partial charge in [-0.2, -0.15) is 0 Å². The van der Waals surface area contributed by atoms with E-state index < -0.39 is 0 Å². The third-order valence-electron chi connectivity index (χ3n) is 2.49. The first-order chi connectivity index (χ1) is 6.29. The van der Waals surface area contributed by atoms with E-state index in [9.17, 15) is 0 Å². The van der Waals surface area contributed by atoms with Crippen LogP contribution < -0.4 is 0 Å². The zero-order valence-electron chi connectivity index (χ0n) is 9.68. The maximum absolute atomic E-state index is 4.05. The molecule has 1 atom stereocenters. The van der Waals surface area contributed by atoms with Gasteiger partial charge in [-0.3, -0.25) is 0 Å². The van der Waals surface area contributed by atoms with Crippen LogP contribution in [-0.4, -0.2) is 24.0 Å². The Morgan fingerprint density at radius 1 is 1.00 bits per heavy atom. The standard InChI is InChI=1S/C12H26N/c1-5-9-12(8-4)13(10-6-2)11-7-3/h12H,4-11H2,1-3H3. The summed E-state index contributed by atoms with van der Waals surface area (Å²) in [4.78, 5) is 2.61. The molecule has 1 heteroatoms. The molecular formula is C12H26N. The molecule has 0 saturated carbocycles. The van der Waals surface area contributed by atoms with Crippen molar-refractivity contribution in [3.05, 3.63) is 6.92 Å². The maximum Gasteiger partial charge on any atom is 0.00951 e. The van der Waals surface area contributed by atoms with Crippen molar-refractivity contribution < 1.29 is 0 Å². The van der Waals surface area contributed by atoms with Crippen molar-refractivity contribution in [1.29, 1.82) is 0 Å². The normalized spacial score (nSPS) is 13.6. The molecule has 0 aromatic rings. The van der Waals surface area contributed by atoms with E-state index >= 15 is 0 Å². The predicted molar refractivity (Wildman–Crippen MR) is 60.8 cm³/mol. The third kappa shape index (κ3) is 5.30. The highest BCUT2D eigenvalue weighted by atomic mass is 15.1. The summed E-state index contributed by atoms with van der Waals surface area (Å²) < 4.78 is 0. The molecule has 0 saturated heterocycles. The summed E-state index contributed by atoms with van der Waals surface area (Å²) in [6.45, 7) is 13.3. The average molecular weight is 184 g/mol. The van der Waals surface area contributed by atoms with Gasteiger partial charge in [-0.1, -0.05) is 34.1 Å². The number of hydrogen-bond acceptors (Lipinski definition) is 1. The minimum absolute atomic E-state index is 0.727. The fraction of sp³-hybridized carbons (Fsp3) is 0.917. The molecule has 13 heavy (non-hydrogen) atoms. The van der Waals surface area contributed by atoms with E-state index in [0.717, 1.165) is 12.5 Å². The molecule has 0 fully saturated rings. The van der Waals surface area contributed by atoms with Crippen LogP contribution >= 0.6 is 0 Å². The Hall–Kier alpha value is -0.0400. The first-order valence-corrected chi connectivity index (χ1v) is 5.83. The van der Waals surface area contributed by atoms with Gasteiger partial charge in [0.1, 0.15) is 0 Å². The van der Waals surface area contributed by atoms with Crippen molar-refractivity contribution in [2.24, 2.45) is 0 Å². The van der Waals surface area contributed by atoms with Gasteiger partial charge in [0.25, 0.3) is 0 Å². The summed E-state index contributed by atoms with van der Waals surface area (Å²) in [5, 5.41) is 0. The van der Waals surface area contributed by atoms with Crippen LogP contribution in [0.25, 0.3) is 0 Å². The molecule has 0 aliphatic rings. The van der Waals surface area contributed by atoms with E-state index in [1.807, 2.05) is 0 Å². The number of hydrogen-bond donors (Lipinski definition) is 0. The average Bonchev–Trinajstić information content (AvgIpc) is 2.14. The Bertz CT molecular complexity index is 95.3. The van der Waals surface area contributed by atoms with Crippen molar-refractivity contribution in [1.82, 2.24) is 4.90 Å². The van der Waals surface area contributed by atoms with E-state index in [1.165, 1.54) is 38.8 Å². The lowest BCUT2D eigenvalue weighted by Crippen LogP contribution is -2.36. The van der Waals surface area contributed by atoms with Crippen molar-refractivity contribution >= 4 is 0 Å². The van der Waals surface area contributed by atoms with E-state index in [-0.39, 0.29) is 0 Å². The lowest BCUT2D eigenvalue weighted by atomic mass is 10.1. The minimum atomic E-state index is 0.727. The Labute approximate surface area is 84.5 Å². The topological polar surface area (TPSA) is 3.24 Å². The molecule has 0 bridgehead atoms. The molecule has 0 aromatic carbocycles. The molecule has 0 aliphatic heterocycles. The zero-order chi connectivity index (χ0) is 10.1. The number of nitrogens with zero attached hydrogens (tertiary/aromatic N) is 1. The molecular weight excluding hydrogens is 158 g/mol. The highest BCUT2D eigenvalue weighted by Crippen LogP contribution is 2.11. The molecule has 0 spiro atoms. The second-order valence-electron chi connectivity index (χ2n) is 3.77. The van der Waals surface area contributed by atoms with E-state index in [2.05, 4.69) is 32.6 Å². The fourth-order valence-electron chi connectivity index (χ4n) is 1.89. The van der Waals surface area contributed by atoms with Crippen molar-refractivity contribution in [3.8, 4) is 0 Å². The van der Waals surface area contributed by atoms with Crippen LogP contribution in [0.3, 0.4) is 0 Å². The van der Waals surface area contributed by atoms with Crippen molar-refractivity contribution in [2.75, 3.05) is 13.1 Å². The van der Waals surface area contributed by atoms with Crippen LogP contribution in [0.1, 0.15) is 52.9 Å². The van der Waals surface area contributed by atoms with Gasteiger partial charge in [0.15, 0.2) is 0 Å². The van der Waals surface area contributed by atoms with Crippen LogP contribution in [0.5, 0.6) is 0 Å². The van der Waals surface area contributed by atoms with Crippen LogP contribution in [0, 0.1) is 6.92 Å². The summed E-state index contributed by atoms with van der Waals surface area (Å²) in [6, 6.07) is 0.727. The molecule has 0 aliphatic carbocycles. The minimum Gasteiger partial charge on any atom is -0.300 e. The van der Waals surface area contributed by atoms with E-state index in [0.29, 0.717) is 0 Å². The molecule has 1 unspecified atom stereocenters. The smallest absolute Gasteiger partial charge is 0.00951 e. The summed E-state index contributed by atoms with van der Waals surface area (Å²) in [5.74, 6) is 0. The van der Waals surface area contributed by atoms with E-state index in [4.69, 9.17) is 0 Å². The molecule has 1 radical (unpaired) electrons. The molecule has 0 aromatic heterocycles. The second kappa shape index (κ2) is 8.55. The molecule has 1 nitrogen and oxygen atoms in total. The van der Waals surface area contributed by atoms with Crippen molar-refractivity contribution in [3.63, 3.8) is 0 Å². The van der Waals surface area contributed by atoms with Crippen LogP contribution in [0.2, 0.25) is 0 Å². The highest BCUT2D eigenvalue weighted by Gasteiger charge is 2.13. The Kier molecular flexibility index (Phi) is 8.53. The maximum atomic E-state index is 4.05. The first kappa shape index (κ1) is 13.0. The van der Waals surface area contributed by atoms with Crippen LogP contribution in [0.4, 0.5) is 0 Å². The quantitative estimate of drug-likeness (QED) is 0.558. The molecule has 0 heterocycles. The summed E-state index contributed by atoms with van der Waals surface area (Å²) in [6.07, 6.45) is 6.18. The second-order valence-corrected chi connectivity index (χ2v) is 3.77. The van der Waals surface area contributed by atoms with Crippen molar-refractivity contribution in [2.45, 2.75) is 58.9 Å². The molecule has 0 rings (SSSR count). The van der Waals surface area contributed by atoms with Gasteiger partial charge in [0, 0.05) is 6.04 Å². The largest absolute Gasteiger partial charge is 0.300 e. The molecule has 0 N–H and O–H groups in total. The van der Waals surface area contributed by atoms with Gasteiger partial charge in [-0.25, -0.2) is 0 Å². The lowest BCUT2D eigenvalue weighted by Gasteiger charge is -2.30. The monoisotopic (exact) mass is 184 g/mol. The summed E-state index contributed by atoms with van der Waals surface area (Å²) >= 11 is 0. The van der Waals surface area contributed by atoms with Gasteiger partial charge in [0.05, 0.1) is 0 Å². The molecule has 79 valence electrons. The third-order valence-corrected chi connectivity index (χ3v) is 2.49. The van der Waals surface area contributed by atoms with Gasteiger partial charge in [-0.05, 0) is 38.8 Å².